The second-order valence-electron chi connectivity index (χ2n) is 7.68. The Labute approximate surface area is 160 Å². The van der Waals surface area contributed by atoms with Crippen LogP contribution in [0.3, 0.4) is 0 Å². The minimum absolute atomic E-state index is 0.0543. The van der Waals surface area contributed by atoms with Gasteiger partial charge >= 0.3 is 0 Å². The van der Waals surface area contributed by atoms with Crippen LogP contribution in [-0.4, -0.2) is 23.7 Å². The van der Waals surface area contributed by atoms with Gasteiger partial charge in [0.2, 0.25) is 0 Å². The maximum atomic E-state index is 12.8. The molecule has 0 aliphatic heterocycles. The zero-order valence-corrected chi connectivity index (χ0v) is 16.0. The van der Waals surface area contributed by atoms with Gasteiger partial charge in [0.1, 0.15) is 11.5 Å². The largest absolute Gasteiger partial charge is 0.511 e. The van der Waals surface area contributed by atoms with Crippen LogP contribution in [0.5, 0.6) is 5.75 Å². The molecule has 0 amide bonds. The number of methoxy groups -OCH3 is 1. The van der Waals surface area contributed by atoms with Crippen molar-refractivity contribution in [2.75, 3.05) is 7.11 Å². The molecule has 3 rings (SSSR count). The molecule has 2 aromatic carbocycles. The van der Waals surface area contributed by atoms with Crippen LogP contribution in [0, 0.1) is 5.41 Å². The molecule has 0 unspecified atom stereocenters. The Morgan fingerprint density at radius 1 is 1.11 bits per heavy atom. The molecule has 4 heteroatoms. The van der Waals surface area contributed by atoms with Gasteiger partial charge in [0, 0.05) is 18.9 Å². The first-order chi connectivity index (χ1) is 12.9. The van der Waals surface area contributed by atoms with E-state index in [0.29, 0.717) is 42.0 Å². The third-order valence-corrected chi connectivity index (χ3v) is 4.67. The van der Waals surface area contributed by atoms with Crippen molar-refractivity contribution in [1.82, 2.24) is 0 Å². The van der Waals surface area contributed by atoms with Crippen molar-refractivity contribution < 1.29 is 14.6 Å². The number of hydrogen-bond donors (Lipinski definition) is 1. The Hall–Kier alpha value is -2.88. The molecule has 0 aromatic heterocycles. The van der Waals surface area contributed by atoms with Gasteiger partial charge in [-0.25, -0.2) is 0 Å². The van der Waals surface area contributed by atoms with E-state index >= 15 is 0 Å². The van der Waals surface area contributed by atoms with Gasteiger partial charge < -0.3 is 9.84 Å². The quantitative estimate of drug-likeness (QED) is 0.599. The van der Waals surface area contributed by atoms with Crippen LogP contribution >= 0.6 is 0 Å². The van der Waals surface area contributed by atoms with E-state index in [1.807, 2.05) is 54.6 Å². The number of ether oxygens (including phenoxy) is 1. The standard InChI is InChI=1S/C23H25NO3/c1-23(2)14-19(24-17-10-7-11-18(13-17)27-3)22(21(26)15-23)20(25)12-16-8-5-4-6-9-16/h4-11,13,25H,12,14-15H2,1-3H3/b22-20+,24-19?. The van der Waals surface area contributed by atoms with Crippen molar-refractivity contribution in [3.8, 4) is 5.75 Å². The smallest absolute Gasteiger partial charge is 0.168 e. The van der Waals surface area contributed by atoms with E-state index in [-0.39, 0.29) is 17.0 Å². The Morgan fingerprint density at radius 3 is 2.56 bits per heavy atom. The predicted molar refractivity (Wildman–Crippen MR) is 108 cm³/mol. The number of ketones is 1. The van der Waals surface area contributed by atoms with Gasteiger partial charge in [-0.3, -0.25) is 9.79 Å². The van der Waals surface area contributed by atoms with Gasteiger partial charge in [0.05, 0.1) is 24.1 Å². The fourth-order valence-electron chi connectivity index (χ4n) is 3.42. The number of carbonyl (C=O) groups excluding carboxylic acids is 1. The molecule has 1 N–H and O–H groups in total. The summed E-state index contributed by atoms with van der Waals surface area (Å²) < 4.78 is 5.26. The molecule has 0 saturated heterocycles. The van der Waals surface area contributed by atoms with E-state index < -0.39 is 0 Å². The summed E-state index contributed by atoms with van der Waals surface area (Å²) in [6.45, 7) is 4.11. The number of rotatable bonds is 4. The van der Waals surface area contributed by atoms with Crippen molar-refractivity contribution in [1.29, 1.82) is 0 Å². The number of nitrogens with zero attached hydrogens (tertiary/aromatic N) is 1. The molecule has 1 saturated carbocycles. The van der Waals surface area contributed by atoms with Gasteiger partial charge in [0.25, 0.3) is 0 Å². The fourth-order valence-corrected chi connectivity index (χ4v) is 3.42. The average molecular weight is 363 g/mol. The van der Waals surface area contributed by atoms with Crippen molar-refractivity contribution in [2.45, 2.75) is 33.1 Å². The monoisotopic (exact) mass is 363 g/mol. The summed E-state index contributed by atoms with van der Waals surface area (Å²) in [7, 11) is 1.61. The van der Waals surface area contributed by atoms with Crippen molar-refractivity contribution in [3.63, 3.8) is 0 Å². The topological polar surface area (TPSA) is 58.9 Å². The van der Waals surface area contributed by atoms with Crippen molar-refractivity contribution in [3.05, 3.63) is 71.5 Å². The maximum Gasteiger partial charge on any atom is 0.168 e. The number of Topliss-reactive ketones (excluding diaryl/α,β-unsaturated/α-hetero) is 1. The van der Waals surface area contributed by atoms with Crippen LogP contribution in [0.25, 0.3) is 0 Å². The third-order valence-electron chi connectivity index (χ3n) is 4.67. The minimum Gasteiger partial charge on any atom is -0.511 e. The highest BCUT2D eigenvalue weighted by atomic mass is 16.5. The molecule has 1 aliphatic rings. The SMILES string of the molecule is COc1cccc(N=C2CC(C)(C)CC(=O)/C2=C(/O)Cc2ccccc2)c1. The highest BCUT2D eigenvalue weighted by molar-refractivity contribution is 6.25. The Balaban J connectivity index is 2.03. The van der Waals surface area contributed by atoms with Crippen LogP contribution in [0.2, 0.25) is 0 Å². The molecule has 2 aromatic rings. The van der Waals surface area contributed by atoms with Crippen LogP contribution in [0.4, 0.5) is 5.69 Å². The first kappa shape index (κ1) is 18.9. The lowest BCUT2D eigenvalue weighted by Crippen LogP contribution is -2.32. The van der Waals surface area contributed by atoms with Gasteiger partial charge in [-0.15, -0.1) is 0 Å². The minimum atomic E-state index is -0.189. The fraction of sp³-hybridized carbons (Fsp3) is 0.304. The number of aliphatic hydroxyl groups excluding tert-OH is 1. The van der Waals surface area contributed by atoms with E-state index in [4.69, 9.17) is 9.73 Å². The van der Waals surface area contributed by atoms with Crippen LogP contribution in [0.15, 0.2) is 70.9 Å². The third kappa shape index (κ3) is 4.64. The number of carbonyl (C=O) groups is 1. The molecule has 1 fully saturated rings. The molecule has 0 atom stereocenters. The molecular formula is C23H25NO3. The summed E-state index contributed by atoms with van der Waals surface area (Å²) in [5.74, 6) is 0.738. The second kappa shape index (κ2) is 7.78. The van der Waals surface area contributed by atoms with Gasteiger partial charge in [0.15, 0.2) is 5.78 Å². The van der Waals surface area contributed by atoms with Crippen molar-refractivity contribution >= 4 is 17.2 Å². The van der Waals surface area contributed by atoms with E-state index in [0.717, 1.165) is 5.56 Å². The van der Waals surface area contributed by atoms with Gasteiger partial charge in [-0.05, 0) is 29.5 Å². The summed E-state index contributed by atoms with van der Waals surface area (Å²) >= 11 is 0. The van der Waals surface area contributed by atoms with Gasteiger partial charge in [-0.2, -0.15) is 0 Å². The van der Waals surface area contributed by atoms with Crippen LogP contribution in [-0.2, 0) is 11.2 Å². The maximum absolute atomic E-state index is 12.8. The number of aliphatic hydroxyl groups is 1. The number of aliphatic imine (C=N–C) groups is 1. The lowest BCUT2D eigenvalue weighted by molar-refractivity contribution is -0.117. The Morgan fingerprint density at radius 2 is 1.85 bits per heavy atom. The van der Waals surface area contributed by atoms with E-state index in [9.17, 15) is 9.90 Å². The summed E-state index contributed by atoms with van der Waals surface area (Å²) in [5, 5.41) is 10.8. The van der Waals surface area contributed by atoms with Gasteiger partial charge in [-0.1, -0.05) is 50.2 Å². The molecule has 0 spiro atoms. The molecule has 1 aliphatic carbocycles. The highest BCUT2D eigenvalue weighted by Crippen LogP contribution is 2.37. The predicted octanol–water partition coefficient (Wildman–Crippen LogP) is 5.21. The first-order valence-electron chi connectivity index (χ1n) is 9.09. The molecular weight excluding hydrogens is 338 g/mol. The number of hydrogen-bond acceptors (Lipinski definition) is 4. The summed E-state index contributed by atoms with van der Waals surface area (Å²) in [6, 6.07) is 17.1. The summed E-state index contributed by atoms with van der Waals surface area (Å²) in [5.41, 5.74) is 2.48. The molecule has 0 bridgehead atoms. The molecule has 140 valence electrons. The van der Waals surface area contributed by atoms with Crippen LogP contribution in [0.1, 0.15) is 32.3 Å². The molecule has 27 heavy (non-hydrogen) atoms. The summed E-state index contributed by atoms with van der Waals surface area (Å²) in [4.78, 5) is 17.6. The normalized spacial score (nSPS) is 19.8. The zero-order chi connectivity index (χ0) is 19.4. The first-order valence-corrected chi connectivity index (χ1v) is 9.09. The average Bonchev–Trinajstić information content (AvgIpc) is 2.61. The van der Waals surface area contributed by atoms with Crippen molar-refractivity contribution in [2.24, 2.45) is 10.4 Å². The molecule has 0 heterocycles. The second-order valence-corrected chi connectivity index (χ2v) is 7.68. The lowest BCUT2D eigenvalue weighted by atomic mass is 9.73. The number of allylic oxidation sites excluding steroid dienone is 2. The highest BCUT2D eigenvalue weighted by Gasteiger charge is 2.36. The van der Waals surface area contributed by atoms with E-state index in [2.05, 4.69) is 13.8 Å². The van der Waals surface area contributed by atoms with E-state index in [1.54, 1.807) is 7.11 Å². The number of benzene rings is 2. The zero-order valence-electron chi connectivity index (χ0n) is 16.0. The Kier molecular flexibility index (Phi) is 5.45. The molecule has 4 nitrogen and oxygen atoms in total. The Bertz CT molecular complexity index is 895. The molecule has 0 radical (unpaired) electrons. The lowest BCUT2D eigenvalue weighted by Gasteiger charge is -2.31. The summed E-state index contributed by atoms with van der Waals surface area (Å²) in [6.07, 6.45) is 1.35. The van der Waals surface area contributed by atoms with Crippen LogP contribution < -0.4 is 4.74 Å². The van der Waals surface area contributed by atoms with E-state index in [1.165, 1.54) is 0 Å².